The average Bonchev–Trinajstić information content (AvgIpc) is 2.69. The van der Waals surface area contributed by atoms with E-state index in [-0.39, 0.29) is 23.0 Å². The molecule has 6 nitrogen and oxygen atoms in total. The summed E-state index contributed by atoms with van der Waals surface area (Å²) >= 11 is 0. The molecule has 144 valence electrons. The molecule has 27 heavy (non-hydrogen) atoms. The topological polar surface area (TPSA) is 75.7 Å². The summed E-state index contributed by atoms with van der Waals surface area (Å²) in [7, 11) is -3.51. The quantitative estimate of drug-likeness (QED) is 0.819. The van der Waals surface area contributed by atoms with Gasteiger partial charge in [-0.2, -0.15) is 4.31 Å². The standard InChI is InChI=1S/C19H21FN2O4S/c20-16-4-6-17(7-5-16)21-19(23)10-3-15-1-8-18(9-2-15)27(24,25)22-11-13-26-14-12-22/h1-2,4-9H,3,10-14H2,(H,21,23). The average molecular weight is 392 g/mol. The molecule has 1 amide bonds. The third-order valence-electron chi connectivity index (χ3n) is 4.30. The Morgan fingerprint density at radius 3 is 2.30 bits per heavy atom. The number of hydrogen-bond donors (Lipinski definition) is 1. The molecule has 1 heterocycles. The zero-order chi connectivity index (χ0) is 19.3. The summed E-state index contributed by atoms with van der Waals surface area (Å²) in [6.45, 7) is 1.52. The fourth-order valence-electron chi connectivity index (χ4n) is 2.78. The highest BCUT2D eigenvalue weighted by atomic mass is 32.2. The highest BCUT2D eigenvalue weighted by Crippen LogP contribution is 2.18. The number of amides is 1. The first kappa shape index (κ1) is 19.5. The molecule has 0 unspecified atom stereocenters. The SMILES string of the molecule is O=C(CCc1ccc(S(=O)(=O)N2CCOCC2)cc1)Nc1ccc(F)cc1. The van der Waals surface area contributed by atoms with Gasteiger partial charge in [0.2, 0.25) is 15.9 Å². The summed E-state index contributed by atoms with van der Waals surface area (Å²) in [5.41, 5.74) is 1.40. The van der Waals surface area contributed by atoms with E-state index >= 15 is 0 Å². The second kappa shape index (κ2) is 8.60. The minimum absolute atomic E-state index is 0.188. The summed E-state index contributed by atoms with van der Waals surface area (Å²) in [6, 6.07) is 12.1. The highest BCUT2D eigenvalue weighted by Gasteiger charge is 2.26. The Labute approximate surface area is 158 Å². The maximum absolute atomic E-state index is 12.9. The first-order valence-corrected chi connectivity index (χ1v) is 10.1. The summed E-state index contributed by atoms with van der Waals surface area (Å²) in [5, 5.41) is 2.70. The number of carbonyl (C=O) groups is 1. The molecule has 0 atom stereocenters. The van der Waals surface area contributed by atoms with Crippen LogP contribution in [0.2, 0.25) is 0 Å². The molecule has 3 rings (SSSR count). The number of nitrogens with one attached hydrogen (secondary N) is 1. The number of rotatable bonds is 6. The van der Waals surface area contributed by atoms with Crippen LogP contribution >= 0.6 is 0 Å². The molecule has 0 spiro atoms. The minimum Gasteiger partial charge on any atom is -0.379 e. The van der Waals surface area contributed by atoms with E-state index in [1.165, 1.54) is 28.6 Å². The van der Waals surface area contributed by atoms with Crippen molar-refractivity contribution in [1.29, 1.82) is 0 Å². The zero-order valence-corrected chi connectivity index (χ0v) is 15.5. The molecule has 8 heteroatoms. The monoisotopic (exact) mass is 392 g/mol. The molecule has 0 saturated carbocycles. The van der Waals surface area contributed by atoms with Gasteiger partial charge in [-0.1, -0.05) is 12.1 Å². The van der Waals surface area contributed by atoms with Crippen molar-refractivity contribution in [1.82, 2.24) is 4.31 Å². The number of anilines is 1. The fraction of sp³-hybridized carbons (Fsp3) is 0.316. The predicted molar refractivity (Wildman–Crippen MR) is 99.4 cm³/mol. The maximum atomic E-state index is 12.9. The summed E-state index contributed by atoms with van der Waals surface area (Å²) in [5.74, 6) is -0.549. The van der Waals surface area contributed by atoms with Crippen molar-refractivity contribution in [3.8, 4) is 0 Å². The van der Waals surface area contributed by atoms with E-state index in [0.29, 0.717) is 38.4 Å². The number of halogens is 1. The molecule has 2 aromatic rings. The van der Waals surface area contributed by atoms with Crippen LogP contribution in [0.15, 0.2) is 53.4 Å². The van der Waals surface area contributed by atoms with Crippen LogP contribution in [0.1, 0.15) is 12.0 Å². The molecule has 1 aliphatic rings. The second-order valence-corrected chi connectivity index (χ2v) is 8.15. The number of ether oxygens (including phenoxy) is 1. The number of morpholine rings is 1. The van der Waals surface area contributed by atoms with Crippen molar-refractivity contribution < 1.29 is 22.3 Å². The van der Waals surface area contributed by atoms with Gasteiger partial charge in [0.25, 0.3) is 0 Å². The molecular weight excluding hydrogens is 371 g/mol. The van der Waals surface area contributed by atoms with Crippen molar-refractivity contribution in [2.45, 2.75) is 17.7 Å². The summed E-state index contributed by atoms with van der Waals surface area (Å²) in [6.07, 6.45) is 0.720. The van der Waals surface area contributed by atoms with Crippen LogP contribution in [0.5, 0.6) is 0 Å². The Kier molecular flexibility index (Phi) is 6.20. The number of sulfonamides is 1. The van der Waals surface area contributed by atoms with E-state index in [1.807, 2.05) is 0 Å². The first-order chi connectivity index (χ1) is 12.9. The number of hydrogen-bond acceptors (Lipinski definition) is 4. The third kappa shape index (κ3) is 5.12. The van der Waals surface area contributed by atoms with E-state index in [1.54, 1.807) is 24.3 Å². The van der Waals surface area contributed by atoms with Crippen molar-refractivity contribution in [3.63, 3.8) is 0 Å². The Morgan fingerprint density at radius 2 is 1.67 bits per heavy atom. The van der Waals surface area contributed by atoms with Crippen LogP contribution in [0.4, 0.5) is 10.1 Å². The molecule has 2 aromatic carbocycles. The Balaban J connectivity index is 1.55. The lowest BCUT2D eigenvalue weighted by atomic mass is 10.1. The van der Waals surface area contributed by atoms with Crippen LogP contribution in [-0.4, -0.2) is 44.9 Å². The van der Waals surface area contributed by atoms with E-state index in [4.69, 9.17) is 4.74 Å². The summed E-state index contributed by atoms with van der Waals surface area (Å²) < 4.78 is 44.6. The number of carbonyl (C=O) groups excluding carboxylic acids is 1. The fourth-order valence-corrected chi connectivity index (χ4v) is 4.19. The second-order valence-electron chi connectivity index (χ2n) is 6.22. The van der Waals surface area contributed by atoms with Gasteiger partial charge in [0.05, 0.1) is 18.1 Å². The molecule has 1 saturated heterocycles. The van der Waals surface area contributed by atoms with Crippen LogP contribution in [0.25, 0.3) is 0 Å². The Bertz CT molecular complexity index is 877. The minimum atomic E-state index is -3.51. The largest absolute Gasteiger partial charge is 0.379 e. The van der Waals surface area contributed by atoms with Gasteiger partial charge in [-0.25, -0.2) is 12.8 Å². The first-order valence-electron chi connectivity index (χ1n) is 8.67. The van der Waals surface area contributed by atoms with Gasteiger partial charge >= 0.3 is 0 Å². The van der Waals surface area contributed by atoms with Gasteiger partial charge in [0, 0.05) is 25.2 Å². The van der Waals surface area contributed by atoms with Crippen molar-refractivity contribution >= 4 is 21.6 Å². The van der Waals surface area contributed by atoms with Gasteiger partial charge in [-0.15, -0.1) is 0 Å². The highest BCUT2D eigenvalue weighted by molar-refractivity contribution is 7.89. The Hall–Kier alpha value is -2.29. The van der Waals surface area contributed by atoms with Gasteiger partial charge < -0.3 is 10.1 Å². The van der Waals surface area contributed by atoms with Crippen LogP contribution < -0.4 is 5.32 Å². The van der Waals surface area contributed by atoms with E-state index < -0.39 is 10.0 Å². The molecule has 0 bridgehead atoms. The van der Waals surface area contributed by atoms with E-state index in [0.717, 1.165) is 5.56 Å². The lowest BCUT2D eigenvalue weighted by Gasteiger charge is -2.26. The van der Waals surface area contributed by atoms with Gasteiger partial charge in [-0.05, 0) is 48.4 Å². The van der Waals surface area contributed by atoms with Crippen molar-refractivity contribution in [2.24, 2.45) is 0 Å². The third-order valence-corrected chi connectivity index (χ3v) is 6.21. The van der Waals surface area contributed by atoms with Gasteiger partial charge in [-0.3, -0.25) is 4.79 Å². The van der Waals surface area contributed by atoms with Crippen molar-refractivity contribution in [2.75, 3.05) is 31.6 Å². The summed E-state index contributed by atoms with van der Waals surface area (Å²) in [4.78, 5) is 12.2. The van der Waals surface area contributed by atoms with Gasteiger partial charge in [0.1, 0.15) is 5.82 Å². The van der Waals surface area contributed by atoms with E-state index in [9.17, 15) is 17.6 Å². The lowest BCUT2D eigenvalue weighted by Crippen LogP contribution is -2.40. The normalized spacial score (nSPS) is 15.4. The smallest absolute Gasteiger partial charge is 0.243 e. The number of benzene rings is 2. The molecule has 1 N–H and O–H groups in total. The molecule has 0 aliphatic carbocycles. The van der Waals surface area contributed by atoms with E-state index in [2.05, 4.69) is 5.32 Å². The lowest BCUT2D eigenvalue weighted by molar-refractivity contribution is -0.116. The Morgan fingerprint density at radius 1 is 1.04 bits per heavy atom. The molecule has 0 radical (unpaired) electrons. The van der Waals surface area contributed by atoms with Crippen LogP contribution in [0, 0.1) is 5.82 Å². The van der Waals surface area contributed by atoms with Crippen molar-refractivity contribution in [3.05, 3.63) is 59.9 Å². The molecular formula is C19H21FN2O4S. The molecule has 1 aliphatic heterocycles. The maximum Gasteiger partial charge on any atom is 0.243 e. The number of aryl methyl sites for hydroxylation is 1. The van der Waals surface area contributed by atoms with Crippen LogP contribution in [0.3, 0.4) is 0 Å². The van der Waals surface area contributed by atoms with Gasteiger partial charge in [0.15, 0.2) is 0 Å². The zero-order valence-electron chi connectivity index (χ0n) is 14.7. The molecule has 0 aromatic heterocycles. The van der Waals surface area contributed by atoms with Crippen LogP contribution in [-0.2, 0) is 26.0 Å². The molecule has 1 fully saturated rings. The predicted octanol–water partition coefficient (Wildman–Crippen LogP) is 2.42. The number of nitrogens with zero attached hydrogens (tertiary/aromatic N) is 1.